The monoisotopic (exact) mass is 248 g/mol. The Morgan fingerprint density at radius 2 is 1.89 bits per heavy atom. The zero-order chi connectivity index (χ0) is 13.4. The fourth-order valence-electron chi connectivity index (χ4n) is 1.28. The number of allylic oxidation sites excluding steroid dienone is 1. The SMILES string of the molecule is CCC/C=C(\OC(=O)c1ccccc1)C(=O)OC. The summed E-state index contributed by atoms with van der Waals surface area (Å²) in [5, 5.41) is 0. The first-order chi connectivity index (χ1) is 8.69. The molecule has 0 saturated carbocycles. The van der Waals surface area contributed by atoms with E-state index in [0.717, 1.165) is 6.42 Å². The van der Waals surface area contributed by atoms with Gasteiger partial charge in [0.1, 0.15) is 0 Å². The number of rotatable bonds is 5. The summed E-state index contributed by atoms with van der Waals surface area (Å²) >= 11 is 0. The van der Waals surface area contributed by atoms with E-state index in [1.54, 1.807) is 36.4 Å². The van der Waals surface area contributed by atoms with Crippen LogP contribution in [-0.2, 0) is 14.3 Å². The molecule has 0 aromatic heterocycles. The van der Waals surface area contributed by atoms with Gasteiger partial charge < -0.3 is 9.47 Å². The van der Waals surface area contributed by atoms with Gasteiger partial charge in [-0.05, 0) is 24.6 Å². The minimum atomic E-state index is -0.646. The third-order valence-electron chi connectivity index (χ3n) is 2.22. The van der Waals surface area contributed by atoms with Crippen molar-refractivity contribution in [1.29, 1.82) is 0 Å². The van der Waals surface area contributed by atoms with Crippen LogP contribution in [0, 0.1) is 0 Å². The van der Waals surface area contributed by atoms with E-state index in [1.165, 1.54) is 7.11 Å². The van der Waals surface area contributed by atoms with Crippen molar-refractivity contribution in [2.24, 2.45) is 0 Å². The molecule has 0 saturated heterocycles. The molecule has 96 valence electrons. The van der Waals surface area contributed by atoms with Gasteiger partial charge in [0.2, 0.25) is 5.76 Å². The van der Waals surface area contributed by atoms with Crippen LogP contribution in [0.3, 0.4) is 0 Å². The van der Waals surface area contributed by atoms with Gasteiger partial charge in [-0.25, -0.2) is 9.59 Å². The van der Waals surface area contributed by atoms with Crippen molar-refractivity contribution in [3.8, 4) is 0 Å². The Hall–Kier alpha value is -2.10. The standard InChI is InChI=1S/C14H16O4/c1-3-4-10-12(14(16)17-2)18-13(15)11-8-6-5-7-9-11/h5-10H,3-4H2,1-2H3/b12-10-. The van der Waals surface area contributed by atoms with E-state index in [0.29, 0.717) is 12.0 Å². The predicted octanol–water partition coefficient (Wildman–Crippen LogP) is 2.70. The Morgan fingerprint density at radius 1 is 1.22 bits per heavy atom. The highest BCUT2D eigenvalue weighted by molar-refractivity contribution is 5.95. The smallest absolute Gasteiger partial charge is 0.373 e. The average molecular weight is 248 g/mol. The van der Waals surface area contributed by atoms with Gasteiger partial charge in [0.25, 0.3) is 0 Å². The molecule has 4 nitrogen and oxygen atoms in total. The van der Waals surface area contributed by atoms with E-state index in [9.17, 15) is 9.59 Å². The van der Waals surface area contributed by atoms with Gasteiger partial charge in [-0.15, -0.1) is 0 Å². The lowest BCUT2D eigenvalue weighted by Gasteiger charge is -2.06. The first-order valence-electron chi connectivity index (χ1n) is 5.74. The molecule has 0 fully saturated rings. The van der Waals surface area contributed by atoms with Crippen LogP contribution >= 0.6 is 0 Å². The van der Waals surface area contributed by atoms with Crippen LogP contribution < -0.4 is 0 Å². The molecule has 0 aliphatic heterocycles. The van der Waals surface area contributed by atoms with Crippen LogP contribution in [0.1, 0.15) is 30.1 Å². The van der Waals surface area contributed by atoms with Crippen molar-refractivity contribution in [2.45, 2.75) is 19.8 Å². The molecule has 0 aliphatic rings. The van der Waals surface area contributed by atoms with Crippen LogP contribution in [0.4, 0.5) is 0 Å². The molecule has 4 heteroatoms. The Labute approximate surface area is 106 Å². The summed E-state index contributed by atoms with van der Waals surface area (Å²) in [7, 11) is 1.25. The van der Waals surface area contributed by atoms with Crippen LogP contribution in [0.15, 0.2) is 42.2 Å². The minimum absolute atomic E-state index is 0.0618. The van der Waals surface area contributed by atoms with Gasteiger partial charge in [-0.1, -0.05) is 31.5 Å². The summed E-state index contributed by atoms with van der Waals surface area (Å²) in [6, 6.07) is 8.49. The van der Waals surface area contributed by atoms with Gasteiger partial charge in [-0.3, -0.25) is 0 Å². The first-order valence-corrected chi connectivity index (χ1v) is 5.74. The fraction of sp³-hybridized carbons (Fsp3) is 0.286. The van der Waals surface area contributed by atoms with E-state index in [-0.39, 0.29) is 5.76 Å². The molecule has 0 aliphatic carbocycles. The lowest BCUT2D eigenvalue weighted by atomic mass is 10.2. The molecular formula is C14H16O4. The second kappa shape index (κ2) is 7.27. The molecule has 18 heavy (non-hydrogen) atoms. The number of carbonyl (C=O) groups is 2. The number of ether oxygens (including phenoxy) is 2. The highest BCUT2D eigenvalue weighted by Crippen LogP contribution is 2.09. The zero-order valence-corrected chi connectivity index (χ0v) is 10.5. The van der Waals surface area contributed by atoms with E-state index in [4.69, 9.17) is 4.74 Å². The fourth-order valence-corrected chi connectivity index (χ4v) is 1.28. The van der Waals surface area contributed by atoms with Crippen molar-refractivity contribution < 1.29 is 19.1 Å². The van der Waals surface area contributed by atoms with Crippen LogP contribution in [-0.4, -0.2) is 19.0 Å². The van der Waals surface area contributed by atoms with Gasteiger partial charge in [0, 0.05) is 0 Å². The Kier molecular flexibility index (Phi) is 5.64. The molecule has 0 amide bonds. The van der Waals surface area contributed by atoms with E-state index in [1.807, 2.05) is 6.92 Å². The maximum absolute atomic E-state index is 11.8. The van der Waals surface area contributed by atoms with Crippen molar-refractivity contribution in [1.82, 2.24) is 0 Å². The number of hydrogen-bond acceptors (Lipinski definition) is 4. The number of benzene rings is 1. The quantitative estimate of drug-likeness (QED) is 0.456. The van der Waals surface area contributed by atoms with E-state index in [2.05, 4.69) is 4.74 Å². The molecule has 0 spiro atoms. The number of unbranched alkanes of at least 4 members (excludes halogenated alkanes) is 1. The first kappa shape index (κ1) is 14.0. The summed E-state index contributed by atoms with van der Waals surface area (Å²) in [4.78, 5) is 23.2. The molecule has 0 heterocycles. The highest BCUT2D eigenvalue weighted by atomic mass is 16.6. The summed E-state index contributed by atoms with van der Waals surface area (Å²) in [5.41, 5.74) is 0.392. The molecule has 0 unspecified atom stereocenters. The Bertz CT molecular complexity index is 434. The van der Waals surface area contributed by atoms with E-state index >= 15 is 0 Å². The third kappa shape index (κ3) is 4.05. The predicted molar refractivity (Wildman–Crippen MR) is 66.9 cm³/mol. The van der Waals surface area contributed by atoms with Crippen LogP contribution in [0.5, 0.6) is 0 Å². The zero-order valence-electron chi connectivity index (χ0n) is 10.5. The van der Waals surface area contributed by atoms with Crippen molar-refractivity contribution in [3.05, 3.63) is 47.7 Å². The Morgan fingerprint density at radius 3 is 2.44 bits per heavy atom. The second-order valence-electron chi connectivity index (χ2n) is 3.60. The number of esters is 2. The lowest BCUT2D eigenvalue weighted by Crippen LogP contribution is -2.13. The minimum Gasteiger partial charge on any atom is -0.463 e. The lowest BCUT2D eigenvalue weighted by molar-refractivity contribution is -0.139. The van der Waals surface area contributed by atoms with Crippen LogP contribution in [0.25, 0.3) is 0 Å². The second-order valence-corrected chi connectivity index (χ2v) is 3.60. The average Bonchev–Trinajstić information content (AvgIpc) is 2.43. The molecule has 1 rings (SSSR count). The van der Waals surface area contributed by atoms with Gasteiger partial charge in [0.05, 0.1) is 12.7 Å². The summed E-state index contributed by atoms with van der Waals surface area (Å²) in [5.74, 6) is -1.27. The normalized spacial score (nSPS) is 10.9. The maximum Gasteiger partial charge on any atom is 0.373 e. The summed E-state index contributed by atoms with van der Waals surface area (Å²) in [6.45, 7) is 1.96. The van der Waals surface area contributed by atoms with Crippen molar-refractivity contribution in [3.63, 3.8) is 0 Å². The Balaban J connectivity index is 2.78. The highest BCUT2D eigenvalue weighted by Gasteiger charge is 2.16. The molecule has 0 bridgehead atoms. The van der Waals surface area contributed by atoms with Gasteiger partial charge in [-0.2, -0.15) is 0 Å². The number of methoxy groups -OCH3 is 1. The molecule has 1 aromatic carbocycles. The topological polar surface area (TPSA) is 52.6 Å². The van der Waals surface area contributed by atoms with Crippen molar-refractivity contribution in [2.75, 3.05) is 7.11 Å². The third-order valence-corrected chi connectivity index (χ3v) is 2.22. The largest absolute Gasteiger partial charge is 0.463 e. The van der Waals surface area contributed by atoms with Crippen LogP contribution in [0.2, 0.25) is 0 Å². The molecule has 0 radical (unpaired) electrons. The van der Waals surface area contributed by atoms with Gasteiger partial charge >= 0.3 is 11.9 Å². The number of carbonyl (C=O) groups excluding carboxylic acids is 2. The molecule has 0 atom stereocenters. The molecular weight excluding hydrogens is 232 g/mol. The van der Waals surface area contributed by atoms with Gasteiger partial charge in [0.15, 0.2) is 0 Å². The molecule has 1 aromatic rings. The summed E-state index contributed by atoms with van der Waals surface area (Å²) in [6.07, 6.45) is 3.06. The summed E-state index contributed by atoms with van der Waals surface area (Å²) < 4.78 is 9.60. The number of hydrogen-bond donors (Lipinski definition) is 0. The molecule has 0 N–H and O–H groups in total. The van der Waals surface area contributed by atoms with E-state index < -0.39 is 11.9 Å². The van der Waals surface area contributed by atoms with Crippen molar-refractivity contribution >= 4 is 11.9 Å². The maximum atomic E-state index is 11.8.